The number of hydrogen-bond acceptors (Lipinski definition) is 7. The molecule has 11 nitrogen and oxygen atoms in total. The number of pyridine rings is 1. The molecule has 41 heavy (non-hydrogen) atoms. The summed E-state index contributed by atoms with van der Waals surface area (Å²) in [4.78, 5) is 46.2. The average Bonchev–Trinajstić information content (AvgIpc) is 3.49. The Labute approximate surface area is 244 Å². The zero-order chi connectivity index (χ0) is 28.2. The molecule has 2 fully saturated rings. The van der Waals surface area contributed by atoms with Crippen molar-refractivity contribution in [3.05, 3.63) is 69.6 Å². The van der Waals surface area contributed by atoms with Crippen LogP contribution in [-0.2, 0) is 11.3 Å². The lowest BCUT2D eigenvalue weighted by molar-refractivity contribution is -0.133. The molecule has 0 atom stereocenters. The summed E-state index contributed by atoms with van der Waals surface area (Å²) in [7, 11) is 0. The van der Waals surface area contributed by atoms with Gasteiger partial charge >= 0.3 is 5.69 Å². The molecule has 0 radical (unpaired) electrons. The highest BCUT2D eigenvalue weighted by molar-refractivity contribution is 6.35. The van der Waals surface area contributed by atoms with Crippen LogP contribution < -0.4 is 10.6 Å². The van der Waals surface area contributed by atoms with Gasteiger partial charge in [-0.15, -0.1) is 0 Å². The van der Waals surface area contributed by atoms with E-state index in [2.05, 4.69) is 19.9 Å². The van der Waals surface area contributed by atoms with Gasteiger partial charge in [0.1, 0.15) is 24.3 Å². The van der Waals surface area contributed by atoms with E-state index in [4.69, 9.17) is 23.2 Å². The summed E-state index contributed by atoms with van der Waals surface area (Å²) < 4.78 is 3.59. The number of imidazole rings is 1. The van der Waals surface area contributed by atoms with E-state index in [-0.39, 0.29) is 24.2 Å². The van der Waals surface area contributed by atoms with Crippen molar-refractivity contribution >= 4 is 57.1 Å². The Morgan fingerprint density at radius 1 is 1.07 bits per heavy atom. The minimum atomic E-state index is -0.416. The second-order valence-electron chi connectivity index (χ2n) is 10.5. The van der Waals surface area contributed by atoms with Crippen LogP contribution in [0.25, 0.3) is 33.3 Å². The van der Waals surface area contributed by atoms with Crippen LogP contribution in [0.2, 0.25) is 10.0 Å². The van der Waals surface area contributed by atoms with Crippen molar-refractivity contribution in [1.29, 1.82) is 0 Å². The molecule has 1 aromatic carbocycles. The van der Waals surface area contributed by atoms with E-state index in [0.29, 0.717) is 71.7 Å². The first-order chi connectivity index (χ1) is 19.9. The quantitative estimate of drug-likeness (QED) is 0.320. The molecule has 0 aliphatic carbocycles. The molecule has 2 aliphatic heterocycles. The molecule has 0 saturated carbocycles. The molecule has 7 rings (SSSR count). The fourth-order valence-electron chi connectivity index (χ4n) is 5.94. The van der Waals surface area contributed by atoms with E-state index >= 15 is 0 Å². The Kier molecular flexibility index (Phi) is 6.44. The van der Waals surface area contributed by atoms with Crippen LogP contribution in [0.3, 0.4) is 0 Å². The van der Waals surface area contributed by atoms with Crippen LogP contribution in [0, 0.1) is 0 Å². The molecule has 4 aromatic heterocycles. The molecule has 6 heterocycles. The fourth-order valence-corrected chi connectivity index (χ4v) is 6.34. The number of β-amino-alcohol motifs (C(OH)–C–C–N with tert-alkyl or cyclic N) is 1. The third-order valence-electron chi connectivity index (χ3n) is 7.99. The maximum atomic E-state index is 13.6. The predicted molar refractivity (Wildman–Crippen MR) is 156 cm³/mol. The highest BCUT2D eigenvalue weighted by atomic mass is 35.5. The van der Waals surface area contributed by atoms with Crippen molar-refractivity contribution in [3.8, 4) is 11.1 Å². The third-order valence-corrected chi connectivity index (χ3v) is 8.56. The second-order valence-corrected chi connectivity index (χ2v) is 11.4. The number of halogens is 2. The summed E-state index contributed by atoms with van der Waals surface area (Å²) in [5, 5.41) is 11.7. The van der Waals surface area contributed by atoms with Gasteiger partial charge in [-0.2, -0.15) is 0 Å². The number of aliphatic hydroxyl groups excluding tert-OH is 1. The maximum absolute atomic E-state index is 13.6. The number of anilines is 1. The first-order valence-corrected chi connectivity index (χ1v) is 14.2. The molecule has 5 aromatic rings. The molecular weight excluding hydrogens is 567 g/mol. The van der Waals surface area contributed by atoms with Gasteiger partial charge in [-0.25, -0.2) is 19.7 Å². The van der Waals surface area contributed by atoms with Crippen molar-refractivity contribution in [3.63, 3.8) is 0 Å². The number of H-pyrrole nitrogens is 1. The molecule has 2 aliphatic rings. The smallest absolute Gasteiger partial charge is 0.327 e. The Hall–Kier alpha value is -3.93. The zero-order valence-electron chi connectivity index (χ0n) is 21.9. The van der Waals surface area contributed by atoms with Crippen molar-refractivity contribution in [1.82, 2.24) is 34.0 Å². The first-order valence-electron chi connectivity index (χ1n) is 13.4. The lowest BCUT2D eigenvalue weighted by atomic mass is 10.0. The number of hydrogen-bond donors (Lipinski definition) is 2. The molecule has 2 N–H and O–H groups in total. The summed E-state index contributed by atoms with van der Waals surface area (Å²) in [6, 6.07) is 8.94. The van der Waals surface area contributed by atoms with Gasteiger partial charge in [-0.3, -0.25) is 14.3 Å². The van der Waals surface area contributed by atoms with Crippen LogP contribution in [-0.4, -0.2) is 77.3 Å². The van der Waals surface area contributed by atoms with Crippen molar-refractivity contribution in [2.24, 2.45) is 0 Å². The third kappa shape index (κ3) is 4.54. The van der Waals surface area contributed by atoms with E-state index in [1.165, 1.54) is 6.33 Å². The van der Waals surface area contributed by atoms with E-state index < -0.39 is 6.10 Å². The number of aromatic nitrogens is 6. The highest BCUT2D eigenvalue weighted by Gasteiger charge is 2.31. The monoisotopic (exact) mass is 592 g/mol. The number of benzene rings is 1. The Balaban J connectivity index is 1.17. The standard InChI is InChI=1S/C28H26Cl2N8O3/c29-16-3-4-21(30)19(10-16)20-13-37(27-24(20)26(32-15-33-27)36-11-18(39)12-36)14-23(40)35-8-5-17(6-9-35)38-22-2-1-7-31-25(22)34-28(38)41/h1-4,7,10,13,15,17-18,39H,5-6,8-9,11-12,14H2,(H,31,34,41). The number of amides is 1. The number of nitrogens with zero attached hydrogens (tertiary/aromatic N) is 7. The van der Waals surface area contributed by atoms with Crippen LogP contribution >= 0.6 is 23.2 Å². The molecule has 0 unspecified atom stereocenters. The van der Waals surface area contributed by atoms with E-state index in [1.54, 1.807) is 29.0 Å². The van der Waals surface area contributed by atoms with Crippen LogP contribution in [0.1, 0.15) is 18.9 Å². The molecule has 210 valence electrons. The van der Waals surface area contributed by atoms with Crippen LogP contribution in [0.4, 0.5) is 5.82 Å². The molecule has 0 spiro atoms. The van der Waals surface area contributed by atoms with E-state index in [1.807, 2.05) is 32.7 Å². The summed E-state index contributed by atoms with van der Waals surface area (Å²) in [6.07, 6.45) is 5.91. The lowest BCUT2D eigenvalue weighted by Crippen LogP contribution is -2.51. The van der Waals surface area contributed by atoms with E-state index in [9.17, 15) is 14.7 Å². The maximum Gasteiger partial charge on any atom is 0.327 e. The summed E-state index contributed by atoms with van der Waals surface area (Å²) in [5.41, 5.74) is 3.25. The molecule has 13 heteroatoms. The number of likely N-dealkylation sites (tertiary alicyclic amines) is 1. The van der Waals surface area contributed by atoms with Gasteiger partial charge in [0.05, 0.1) is 17.0 Å². The van der Waals surface area contributed by atoms with Gasteiger partial charge in [-0.1, -0.05) is 23.2 Å². The number of fused-ring (bicyclic) bond motifs is 2. The second kappa shape index (κ2) is 10.2. The van der Waals surface area contributed by atoms with Gasteiger partial charge in [0.2, 0.25) is 5.91 Å². The van der Waals surface area contributed by atoms with Crippen molar-refractivity contribution in [2.75, 3.05) is 31.1 Å². The first kappa shape index (κ1) is 26.0. The topological polar surface area (TPSA) is 125 Å². The summed E-state index contributed by atoms with van der Waals surface area (Å²) in [6.45, 7) is 2.06. The average molecular weight is 593 g/mol. The molecule has 2 saturated heterocycles. The molecule has 1 amide bonds. The molecule has 0 bridgehead atoms. The number of rotatable bonds is 5. The minimum Gasteiger partial charge on any atom is -0.389 e. The Morgan fingerprint density at radius 2 is 1.88 bits per heavy atom. The zero-order valence-corrected chi connectivity index (χ0v) is 23.4. The van der Waals surface area contributed by atoms with Crippen molar-refractivity contribution in [2.45, 2.75) is 31.5 Å². The SMILES string of the molecule is O=C(Cn1cc(-c2cc(Cl)ccc2Cl)c2c(N3CC(O)C3)ncnc21)N1CCC(n2c(=O)[nH]c3ncccc32)CC1. The number of piperidine rings is 1. The number of nitrogens with one attached hydrogen (secondary N) is 1. The number of aromatic amines is 1. The summed E-state index contributed by atoms with van der Waals surface area (Å²) in [5.74, 6) is 0.633. The Morgan fingerprint density at radius 3 is 2.66 bits per heavy atom. The van der Waals surface area contributed by atoms with E-state index in [0.717, 1.165) is 16.5 Å². The molecular formula is C28H26Cl2N8O3. The van der Waals surface area contributed by atoms with Gasteiger partial charge in [0.15, 0.2) is 5.65 Å². The van der Waals surface area contributed by atoms with Gasteiger partial charge < -0.3 is 19.5 Å². The van der Waals surface area contributed by atoms with Crippen molar-refractivity contribution < 1.29 is 9.90 Å². The van der Waals surface area contributed by atoms with Gasteiger partial charge in [-0.05, 0) is 43.2 Å². The number of aliphatic hydroxyl groups is 1. The van der Waals surface area contributed by atoms with Gasteiger partial charge in [0, 0.05) is 65.8 Å². The van der Waals surface area contributed by atoms with Crippen LogP contribution in [0.5, 0.6) is 0 Å². The predicted octanol–water partition coefficient (Wildman–Crippen LogP) is 3.49. The number of carbonyl (C=O) groups is 1. The summed E-state index contributed by atoms with van der Waals surface area (Å²) >= 11 is 12.9. The normalized spacial score (nSPS) is 16.6. The largest absolute Gasteiger partial charge is 0.389 e. The van der Waals surface area contributed by atoms with Crippen LogP contribution in [0.15, 0.2) is 53.8 Å². The van der Waals surface area contributed by atoms with Gasteiger partial charge in [0.25, 0.3) is 0 Å². The lowest BCUT2D eigenvalue weighted by Gasteiger charge is -2.37. The Bertz CT molecular complexity index is 1850. The minimum absolute atomic E-state index is 0.0179. The fraction of sp³-hybridized carbons (Fsp3) is 0.321. The number of carbonyl (C=O) groups excluding carboxylic acids is 1. The highest BCUT2D eigenvalue weighted by Crippen LogP contribution is 2.40.